The summed E-state index contributed by atoms with van der Waals surface area (Å²) in [7, 11) is 1.50. The van der Waals surface area contributed by atoms with Crippen molar-refractivity contribution >= 4 is 0 Å². The molecule has 0 saturated heterocycles. The van der Waals surface area contributed by atoms with Gasteiger partial charge in [0.15, 0.2) is 23.2 Å². The van der Waals surface area contributed by atoms with E-state index in [-0.39, 0.29) is 5.82 Å². The van der Waals surface area contributed by atoms with Crippen LogP contribution in [0.2, 0.25) is 0 Å². The van der Waals surface area contributed by atoms with Gasteiger partial charge in [-0.2, -0.15) is 0 Å². The molecule has 1 aliphatic carbocycles. The third-order valence-corrected chi connectivity index (χ3v) is 4.85. The Hall–Kier alpha value is -2.89. The van der Waals surface area contributed by atoms with Gasteiger partial charge >= 0.3 is 0 Å². The molecule has 4 rings (SSSR count). The Bertz CT molecular complexity index is 915. The minimum absolute atomic E-state index is 0.302. The van der Waals surface area contributed by atoms with Gasteiger partial charge in [-0.1, -0.05) is 6.92 Å². The summed E-state index contributed by atoms with van der Waals surface area (Å²) in [6.45, 7) is 2.04. The molecule has 1 fully saturated rings. The molecule has 0 bridgehead atoms. The number of ether oxygens (including phenoxy) is 1. The van der Waals surface area contributed by atoms with Crippen LogP contribution in [-0.4, -0.2) is 27.0 Å². The average Bonchev–Trinajstić information content (AvgIpc) is 3.49. The second-order valence-corrected chi connectivity index (χ2v) is 6.40. The van der Waals surface area contributed by atoms with Crippen molar-refractivity contribution in [3.63, 3.8) is 0 Å². The van der Waals surface area contributed by atoms with Crippen molar-refractivity contribution in [1.82, 2.24) is 19.9 Å². The van der Waals surface area contributed by atoms with Gasteiger partial charge in [0.1, 0.15) is 0 Å². The molecule has 132 valence electrons. The van der Waals surface area contributed by atoms with Crippen LogP contribution in [0.4, 0.5) is 4.39 Å². The van der Waals surface area contributed by atoms with E-state index in [0.29, 0.717) is 29.2 Å². The number of aromatic nitrogens is 4. The van der Waals surface area contributed by atoms with Gasteiger partial charge in [0.05, 0.1) is 7.11 Å². The molecule has 0 aliphatic heterocycles. The number of halogens is 1. The Labute approximate surface area is 151 Å². The minimum Gasteiger partial charge on any atom is -0.494 e. The average molecular weight is 350 g/mol. The highest BCUT2D eigenvalue weighted by molar-refractivity contribution is 5.46. The summed E-state index contributed by atoms with van der Waals surface area (Å²) in [4.78, 5) is 17.1. The molecule has 3 aromatic rings. The first-order valence-electron chi connectivity index (χ1n) is 8.67. The van der Waals surface area contributed by atoms with Crippen LogP contribution in [0, 0.1) is 5.82 Å². The highest BCUT2D eigenvalue weighted by Gasteiger charge is 2.41. The SMILES string of the molecule is CCc1cc(F)c(OC)cc1C1CC1c1cnc(-c2ncccn2)nc1. The third-order valence-electron chi connectivity index (χ3n) is 4.85. The first-order valence-corrected chi connectivity index (χ1v) is 8.67. The van der Waals surface area contributed by atoms with Gasteiger partial charge in [-0.3, -0.25) is 0 Å². The van der Waals surface area contributed by atoms with Gasteiger partial charge in [0.2, 0.25) is 0 Å². The van der Waals surface area contributed by atoms with Crippen LogP contribution in [0.3, 0.4) is 0 Å². The fourth-order valence-corrected chi connectivity index (χ4v) is 3.38. The van der Waals surface area contributed by atoms with Gasteiger partial charge in [-0.15, -0.1) is 0 Å². The fourth-order valence-electron chi connectivity index (χ4n) is 3.38. The largest absolute Gasteiger partial charge is 0.494 e. The zero-order valence-electron chi connectivity index (χ0n) is 14.7. The summed E-state index contributed by atoms with van der Waals surface area (Å²) >= 11 is 0. The number of nitrogens with zero attached hydrogens (tertiary/aromatic N) is 4. The van der Waals surface area contributed by atoms with Crippen molar-refractivity contribution in [2.24, 2.45) is 0 Å². The molecule has 1 aliphatic rings. The van der Waals surface area contributed by atoms with E-state index in [9.17, 15) is 4.39 Å². The van der Waals surface area contributed by atoms with E-state index in [1.807, 2.05) is 25.4 Å². The zero-order chi connectivity index (χ0) is 18.1. The van der Waals surface area contributed by atoms with Crippen LogP contribution >= 0.6 is 0 Å². The molecule has 0 N–H and O–H groups in total. The normalized spacial score (nSPS) is 18.6. The Morgan fingerprint density at radius 1 is 1.04 bits per heavy atom. The predicted molar refractivity (Wildman–Crippen MR) is 95.5 cm³/mol. The smallest absolute Gasteiger partial charge is 0.197 e. The lowest BCUT2D eigenvalue weighted by Gasteiger charge is -2.11. The Kier molecular flexibility index (Phi) is 4.32. The van der Waals surface area contributed by atoms with Crippen molar-refractivity contribution < 1.29 is 9.13 Å². The quantitative estimate of drug-likeness (QED) is 0.698. The van der Waals surface area contributed by atoms with Crippen molar-refractivity contribution in [2.75, 3.05) is 7.11 Å². The molecule has 2 aromatic heterocycles. The molecule has 6 heteroatoms. The maximum atomic E-state index is 14.0. The third kappa shape index (κ3) is 3.03. The lowest BCUT2D eigenvalue weighted by molar-refractivity contribution is 0.385. The number of benzene rings is 1. The van der Waals surface area contributed by atoms with E-state index < -0.39 is 0 Å². The molecule has 0 amide bonds. The van der Waals surface area contributed by atoms with E-state index in [4.69, 9.17) is 4.74 Å². The molecule has 2 atom stereocenters. The van der Waals surface area contributed by atoms with E-state index in [2.05, 4.69) is 19.9 Å². The molecule has 2 heterocycles. The molecule has 0 spiro atoms. The fraction of sp³-hybridized carbons (Fsp3) is 0.300. The van der Waals surface area contributed by atoms with Crippen LogP contribution < -0.4 is 4.74 Å². The summed E-state index contributed by atoms with van der Waals surface area (Å²) < 4.78 is 19.1. The second kappa shape index (κ2) is 6.78. The Balaban J connectivity index is 1.57. The van der Waals surface area contributed by atoms with E-state index in [0.717, 1.165) is 29.5 Å². The number of aryl methyl sites for hydroxylation is 1. The summed E-state index contributed by atoms with van der Waals surface area (Å²) in [6, 6.07) is 5.19. The van der Waals surface area contributed by atoms with Gasteiger partial charge in [0, 0.05) is 24.8 Å². The maximum Gasteiger partial charge on any atom is 0.197 e. The molecular formula is C20H19FN4O. The molecule has 1 aromatic carbocycles. The molecule has 5 nitrogen and oxygen atoms in total. The molecular weight excluding hydrogens is 331 g/mol. The highest BCUT2D eigenvalue weighted by Crippen LogP contribution is 2.55. The molecule has 0 radical (unpaired) electrons. The lowest BCUT2D eigenvalue weighted by Crippen LogP contribution is -1.98. The first-order chi connectivity index (χ1) is 12.7. The van der Waals surface area contributed by atoms with Crippen molar-refractivity contribution in [1.29, 1.82) is 0 Å². The van der Waals surface area contributed by atoms with Crippen LogP contribution in [0.25, 0.3) is 11.6 Å². The summed E-state index contributed by atoms with van der Waals surface area (Å²) in [5, 5.41) is 0. The van der Waals surface area contributed by atoms with Gasteiger partial charge in [-0.05, 0) is 59.6 Å². The van der Waals surface area contributed by atoms with Gasteiger partial charge in [-0.25, -0.2) is 24.3 Å². The monoisotopic (exact) mass is 350 g/mol. The number of hydrogen-bond acceptors (Lipinski definition) is 5. The summed E-state index contributed by atoms with van der Waals surface area (Å²) in [6.07, 6.45) is 8.83. The van der Waals surface area contributed by atoms with Crippen LogP contribution in [0.15, 0.2) is 43.0 Å². The van der Waals surface area contributed by atoms with E-state index in [1.165, 1.54) is 7.11 Å². The lowest BCUT2D eigenvalue weighted by atomic mass is 9.98. The highest BCUT2D eigenvalue weighted by atomic mass is 19.1. The molecule has 2 unspecified atom stereocenters. The zero-order valence-corrected chi connectivity index (χ0v) is 14.7. The van der Waals surface area contributed by atoms with Gasteiger partial charge < -0.3 is 4.74 Å². The standard InChI is InChI=1S/C20H19FN4O/c1-3-12-7-17(21)18(26-2)9-15(12)16-8-14(16)13-10-24-20(25-11-13)19-22-5-4-6-23-19/h4-7,9-11,14,16H,3,8H2,1-2H3. The van der Waals surface area contributed by atoms with E-state index in [1.54, 1.807) is 24.5 Å². The minimum atomic E-state index is -0.305. The van der Waals surface area contributed by atoms with Crippen LogP contribution in [-0.2, 0) is 6.42 Å². The number of rotatable bonds is 5. The Morgan fingerprint density at radius 2 is 1.73 bits per heavy atom. The van der Waals surface area contributed by atoms with E-state index >= 15 is 0 Å². The Morgan fingerprint density at radius 3 is 2.38 bits per heavy atom. The first kappa shape index (κ1) is 16.6. The number of methoxy groups -OCH3 is 1. The molecule has 1 saturated carbocycles. The number of hydrogen-bond donors (Lipinski definition) is 0. The van der Waals surface area contributed by atoms with Crippen molar-refractivity contribution in [3.05, 3.63) is 65.5 Å². The predicted octanol–water partition coefficient (Wildman–Crippen LogP) is 3.91. The summed E-state index contributed by atoms with van der Waals surface area (Å²) in [5.74, 6) is 1.73. The topological polar surface area (TPSA) is 60.8 Å². The maximum absolute atomic E-state index is 14.0. The van der Waals surface area contributed by atoms with Crippen LogP contribution in [0.5, 0.6) is 5.75 Å². The van der Waals surface area contributed by atoms with Crippen LogP contribution in [0.1, 0.15) is 41.9 Å². The van der Waals surface area contributed by atoms with Crippen molar-refractivity contribution in [2.45, 2.75) is 31.6 Å². The van der Waals surface area contributed by atoms with Crippen molar-refractivity contribution in [3.8, 4) is 17.4 Å². The second-order valence-electron chi connectivity index (χ2n) is 6.40. The molecule has 26 heavy (non-hydrogen) atoms. The summed E-state index contributed by atoms with van der Waals surface area (Å²) in [5.41, 5.74) is 3.28. The van der Waals surface area contributed by atoms with Gasteiger partial charge in [0.25, 0.3) is 0 Å².